The first-order valence-corrected chi connectivity index (χ1v) is 14.1. The Morgan fingerprint density at radius 2 is 1.97 bits per heavy atom. The van der Waals surface area contributed by atoms with Gasteiger partial charge in [0.25, 0.3) is 5.56 Å². The first-order chi connectivity index (χ1) is 18.3. The van der Waals surface area contributed by atoms with Gasteiger partial charge in [-0.05, 0) is 24.5 Å². The molecule has 6 atom stereocenters. The fraction of sp³-hybridized carbons (Fsp3) is 0.560. The Balaban J connectivity index is 1.51. The van der Waals surface area contributed by atoms with Crippen LogP contribution in [-0.4, -0.2) is 64.3 Å². The van der Waals surface area contributed by atoms with Gasteiger partial charge in [-0.2, -0.15) is 5.09 Å². The van der Waals surface area contributed by atoms with Crippen molar-refractivity contribution >= 4 is 13.7 Å². The Morgan fingerprint density at radius 1 is 1.28 bits per heavy atom. The average Bonchev–Trinajstić information content (AvgIpc) is 3.13. The third-order valence-corrected chi connectivity index (χ3v) is 7.92. The van der Waals surface area contributed by atoms with Crippen LogP contribution in [0.25, 0.3) is 0 Å². The molecule has 0 amide bonds. The molecule has 3 N–H and O–H groups in total. The molecule has 2 fully saturated rings. The van der Waals surface area contributed by atoms with Crippen LogP contribution in [0, 0.1) is 5.41 Å². The van der Waals surface area contributed by atoms with Gasteiger partial charge in [0.2, 0.25) is 0 Å². The zero-order chi connectivity index (χ0) is 28.4. The van der Waals surface area contributed by atoms with Crippen molar-refractivity contribution in [3.05, 3.63) is 63.4 Å². The molecule has 2 aliphatic heterocycles. The molecule has 0 radical (unpaired) electrons. The minimum Gasteiger partial charge on any atom is -0.464 e. The Morgan fingerprint density at radius 3 is 2.56 bits per heavy atom. The number of nitrogens with one attached hydrogen (secondary N) is 2. The van der Waals surface area contributed by atoms with E-state index in [-0.39, 0.29) is 17.8 Å². The van der Waals surface area contributed by atoms with Crippen LogP contribution < -0.4 is 20.9 Å². The topological polar surface area (TPSA) is 167 Å². The van der Waals surface area contributed by atoms with E-state index in [1.54, 1.807) is 30.3 Å². The SMILES string of the molecule is C[C@H](NP(=O)(OC[C@H]1O[C@@H](n2ccc(=O)[nH]c2=O)[C@@]2(CCO2)[C@@H]1O)Oc1ccccc1)C(=O)OCC(C)(C)C. The van der Waals surface area contributed by atoms with Gasteiger partial charge >= 0.3 is 19.4 Å². The summed E-state index contributed by atoms with van der Waals surface area (Å²) in [5.74, 6) is -0.435. The van der Waals surface area contributed by atoms with Crippen LogP contribution in [0.3, 0.4) is 0 Å². The normalized spacial score (nSPS) is 26.9. The molecule has 0 bridgehead atoms. The minimum absolute atomic E-state index is 0.151. The summed E-state index contributed by atoms with van der Waals surface area (Å²) in [5, 5.41) is 13.7. The Labute approximate surface area is 225 Å². The number of aromatic nitrogens is 2. The first-order valence-electron chi connectivity index (χ1n) is 12.5. The largest absolute Gasteiger partial charge is 0.464 e. The van der Waals surface area contributed by atoms with Gasteiger partial charge < -0.3 is 23.8 Å². The smallest absolute Gasteiger partial charge is 0.459 e. The van der Waals surface area contributed by atoms with Gasteiger partial charge in [0.1, 0.15) is 29.6 Å². The van der Waals surface area contributed by atoms with Crippen LogP contribution in [0.5, 0.6) is 5.75 Å². The van der Waals surface area contributed by atoms with Crippen molar-refractivity contribution in [2.24, 2.45) is 5.41 Å². The highest BCUT2D eigenvalue weighted by Crippen LogP contribution is 2.50. The van der Waals surface area contributed by atoms with Gasteiger partial charge in [-0.15, -0.1) is 0 Å². The zero-order valence-corrected chi connectivity index (χ0v) is 23.1. The van der Waals surface area contributed by atoms with Gasteiger partial charge in [0.15, 0.2) is 6.23 Å². The summed E-state index contributed by atoms with van der Waals surface area (Å²) in [6.07, 6.45) is -1.82. The molecule has 39 heavy (non-hydrogen) atoms. The van der Waals surface area contributed by atoms with E-state index in [0.717, 1.165) is 10.6 Å². The Bertz CT molecular complexity index is 1320. The van der Waals surface area contributed by atoms with E-state index < -0.39 is 61.7 Å². The minimum atomic E-state index is -4.23. The van der Waals surface area contributed by atoms with E-state index in [4.69, 9.17) is 23.3 Å². The monoisotopic (exact) mass is 567 g/mol. The van der Waals surface area contributed by atoms with Crippen LogP contribution in [0.4, 0.5) is 0 Å². The number of benzene rings is 1. The number of esters is 1. The number of carbonyl (C=O) groups is 1. The van der Waals surface area contributed by atoms with Crippen molar-refractivity contribution in [3.63, 3.8) is 0 Å². The molecule has 1 unspecified atom stereocenters. The first kappa shape index (κ1) is 29.2. The summed E-state index contributed by atoms with van der Waals surface area (Å²) in [4.78, 5) is 38.7. The van der Waals surface area contributed by atoms with Gasteiger partial charge in [-0.1, -0.05) is 39.0 Å². The highest BCUT2D eigenvalue weighted by molar-refractivity contribution is 7.52. The van der Waals surface area contributed by atoms with Crippen LogP contribution >= 0.6 is 7.75 Å². The summed E-state index contributed by atoms with van der Waals surface area (Å²) in [7, 11) is -4.23. The average molecular weight is 568 g/mol. The van der Waals surface area contributed by atoms with Crippen LogP contribution in [0.15, 0.2) is 52.2 Å². The maximum absolute atomic E-state index is 13.8. The molecule has 2 saturated heterocycles. The highest BCUT2D eigenvalue weighted by atomic mass is 31.2. The predicted octanol–water partition coefficient (Wildman–Crippen LogP) is 1.73. The molecule has 1 aromatic heterocycles. The number of ether oxygens (including phenoxy) is 3. The lowest BCUT2D eigenvalue weighted by Crippen LogP contribution is -2.57. The van der Waals surface area contributed by atoms with Crippen LogP contribution in [-0.2, 0) is 28.1 Å². The lowest BCUT2D eigenvalue weighted by atomic mass is 9.86. The zero-order valence-electron chi connectivity index (χ0n) is 22.2. The van der Waals surface area contributed by atoms with Crippen molar-refractivity contribution in [1.29, 1.82) is 0 Å². The Kier molecular flexibility index (Phi) is 8.50. The van der Waals surface area contributed by atoms with Gasteiger partial charge in [-0.3, -0.25) is 23.7 Å². The summed E-state index contributed by atoms with van der Waals surface area (Å²) < 4.78 is 43.2. The lowest BCUT2D eigenvalue weighted by Gasteiger charge is -2.44. The van der Waals surface area contributed by atoms with Crippen molar-refractivity contribution in [2.45, 2.75) is 64.2 Å². The van der Waals surface area contributed by atoms with Gasteiger partial charge in [-0.25, -0.2) is 9.36 Å². The molecule has 4 rings (SSSR count). The van der Waals surface area contributed by atoms with E-state index in [1.807, 2.05) is 20.8 Å². The van der Waals surface area contributed by atoms with Crippen LogP contribution in [0.1, 0.15) is 40.3 Å². The lowest BCUT2D eigenvalue weighted by molar-refractivity contribution is -0.227. The van der Waals surface area contributed by atoms with E-state index in [9.17, 15) is 24.1 Å². The van der Waals surface area contributed by atoms with E-state index in [1.165, 1.54) is 13.1 Å². The quantitative estimate of drug-likeness (QED) is 0.282. The number of aliphatic hydroxyl groups is 1. The maximum Gasteiger partial charge on any atom is 0.459 e. The van der Waals surface area contributed by atoms with Crippen molar-refractivity contribution < 1.29 is 37.7 Å². The fourth-order valence-electron chi connectivity index (χ4n) is 4.21. The molecule has 13 nitrogen and oxygen atoms in total. The van der Waals surface area contributed by atoms with E-state index in [0.29, 0.717) is 13.0 Å². The maximum atomic E-state index is 13.8. The molecule has 1 spiro atoms. The molecule has 3 heterocycles. The van der Waals surface area contributed by atoms with Gasteiger partial charge in [0.05, 0.1) is 19.8 Å². The molecule has 14 heteroatoms. The number of nitrogens with zero attached hydrogens (tertiary/aromatic N) is 1. The number of carbonyl (C=O) groups excluding carboxylic acids is 1. The number of rotatable bonds is 10. The number of H-pyrrole nitrogens is 1. The number of aromatic amines is 1. The molecular weight excluding hydrogens is 533 g/mol. The van der Waals surface area contributed by atoms with E-state index in [2.05, 4.69) is 10.1 Å². The molecule has 1 aromatic carbocycles. The fourth-order valence-corrected chi connectivity index (χ4v) is 5.71. The predicted molar refractivity (Wildman–Crippen MR) is 138 cm³/mol. The number of aliphatic hydroxyl groups excluding tert-OH is 1. The number of para-hydroxylation sites is 1. The molecule has 2 aromatic rings. The molecular formula is C25H34N3O10P. The Hall–Kier alpha value is -2.80. The number of hydrogen-bond donors (Lipinski definition) is 3. The molecule has 0 saturated carbocycles. The summed E-state index contributed by atoms with van der Waals surface area (Å²) in [5.41, 5.74) is -2.86. The second-order valence-corrected chi connectivity index (χ2v) is 12.5. The van der Waals surface area contributed by atoms with Crippen molar-refractivity contribution in [1.82, 2.24) is 14.6 Å². The standard InChI is InChI=1S/C25H34N3O10P/c1-16(21(31)34-15-24(2,3)4)27-39(33,38-17-8-6-5-7-9-17)36-14-18-20(30)25(11-13-35-25)22(37-18)28-12-10-19(29)26-23(28)32/h5-10,12,16,18,20,22,30H,11,13-15H2,1-4H3,(H,27,33)(H,26,29,32)/t16-,18+,20+,22+,25+,39?/m0/s1. The molecule has 214 valence electrons. The second kappa shape index (κ2) is 11.4. The number of hydrogen-bond acceptors (Lipinski definition) is 10. The third kappa shape index (κ3) is 6.68. The molecule has 2 aliphatic rings. The summed E-state index contributed by atoms with van der Waals surface area (Å²) in [6, 6.07) is 8.32. The highest BCUT2D eigenvalue weighted by Gasteiger charge is 2.62. The second-order valence-electron chi connectivity index (χ2n) is 10.8. The van der Waals surface area contributed by atoms with E-state index >= 15 is 0 Å². The summed E-state index contributed by atoms with van der Waals surface area (Å²) >= 11 is 0. The molecule has 0 aliphatic carbocycles. The van der Waals surface area contributed by atoms with Crippen LogP contribution in [0.2, 0.25) is 0 Å². The van der Waals surface area contributed by atoms with Crippen molar-refractivity contribution in [2.75, 3.05) is 19.8 Å². The van der Waals surface area contributed by atoms with Gasteiger partial charge in [0, 0.05) is 18.7 Å². The van der Waals surface area contributed by atoms with Crippen molar-refractivity contribution in [3.8, 4) is 5.75 Å². The summed E-state index contributed by atoms with van der Waals surface area (Å²) in [6.45, 7) is 7.22. The third-order valence-electron chi connectivity index (χ3n) is 6.27.